The van der Waals surface area contributed by atoms with Gasteiger partial charge in [0.15, 0.2) is 11.5 Å². The van der Waals surface area contributed by atoms with E-state index in [1.165, 1.54) is 6.20 Å². The van der Waals surface area contributed by atoms with Gasteiger partial charge in [-0.1, -0.05) is 30.3 Å². The van der Waals surface area contributed by atoms with Crippen LogP contribution in [0.4, 0.5) is 10.6 Å². The number of aromatic nitrogens is 3. The molecular weight excluding hydrogens is 266 g/mol. The number of hydrogen-bond donors (Lipinski definition) is 3. The van der Waals surface area contributed by atoms with E-state index in [9.17, 15) is 4.79 Å². The van der Waals surface area contributed by atoms with Crippen LogP contribution in [0.2, 0.25) is 0 Å². The zero-order valence-corrected chi connectivity index (χ0v) is 11.5. The van der Waals surface area contributed by atoms with Gasteiger partial charge in [-0.25, -0.2) is 14.8 Å². The maximum atomic E-state index is 12.0. The van der Waals surface area contributed by atoms with Crippen LogP contribution in [0.25, 0.3) is 11.2 Å². The van der Waals surface area contributed by atoms with Crippen LogP contribution in [-0.4, -0.2) is 21.0 Å². The first-order valence-corrected chi connectivity index (χ1v) is 6.65. The molecule has 0 aliphatic rings. The van der Waals surface area contributed by atoms with Crippen molar-refractivity contribution in [1.82, 2.24) is 20.3 Å². The predicted molar refractivity (Wildman–Crippen MR) is 80.9 cm³/mol. The lowest BCUT2D eigenvalue weighted by Crippen LogP contribution is -2.31. The SMILES string of the molecule is CC(NC(=O)Nc1cnc2[nH]ccc2n1)c1ccccc1. The Morgan fingerprint density at radius 1 is 1.24 bits per heavy atom. The van der Waals surface area contributed by atoms with E-state index in [2.05, 4.69) is 25.6 Å². The van der Waals surface area contributed by atoms with Crippen LogP contribution in [0, 0.1) is 0 Å². The molecule has 0 aliphatic carbocycles. The van der Waals surface area contributed by atoms with Gasteiger partial charge < -0.3 is 10.3 Å². The molecule has 1 unspecified atom stereocenters. The van der Waals surface area contributed by atoms with Gasteiger partial charge in [0.2, 0.25) is 0 Å². The summed E-state index contributed by atoms with van der Waals surface area (Å²) in [5, 5.41) is 5.55. The van der Waals surface area contributed by atoms with E-state index in [1.807, 2.05) is 37.3 Å². The lowest BCUT2D eigenvalue weighted by Gasteiger charge is -2.14. The highest BCUT2D eigenvalue weighted by Gasteiger charge is 2.10. The largest absolute Gasteiger partial charge is 0.345 e. The number of hydrogen-bond acceptors (Lipinski definition) is 3. The average molecular weight is 281 g/mol. The van der Waals surface area contributed by atoms with Gasteiger partial charge in [-0.05, 0) is 18.6 Å². The van der Waals surface area contributed by atoms with Gasteiger partial charge in [-0.15, -0.1) is 0 Å². The summed E-state index contributed by atoms with van der Waals surface area (Å²) in [6, 6.07) is 11.2. The second kappa shape index (κ2) is 5.62. The molecule has 0 saturated carbocycles. The number of urea groups is 1. The normalized spacial score (nSPS) is 12.0. The van der Waals surface area contributed by atoms with Gasteiger partial charge in [0.1, 0.15) is 5.52 Å². The van der Waals surface area contributed by atoms with Crippen LogP contribution in [0.1, 0.15) is 18.5 Å². The second-order valence-corrected chi connectivity index (χ2v) is 4.70. The first-order valence-electron chi connectivity index (χ1n) is 6.65. The molecule has 0 fully saturated rings. The van der Waals surface area contributed by atoms with Gasteiger partial charge in [-0.3, -0.25) is 5.32 Å². The fourth-order valence-corrected chi connectivity index (χ4v) is 2.06. The zero-order chi connectivity index (χ0) is 14.7. The fourth-order valence-electron chi connectivity index (χ4n) is 2.06. The molecule has 1 aromatic carbocycles. The van der Waals surface area contributed by atoms with E-state index in [-0.39, 0.29) is 12.1 Å². The number of nitrogens with zero attached hydrogens (tertiary/aromatic N) is 2. The summed E-state index contributed by atoms with van der Waals surface area (Å²) >= 11 is 0. The number of carbonyl (C=O) groups is 1. The molecule has 2 heterocycles. The fraction of sp³-hybridized carbons (Fsp3) is 0.133. The molecule has 0 bridgehead atoms. The molecule has 0 aliphatic heterocycles. The summed E-state index contributed by atoms with van der Waals surface area (Å²) in [5.74, 6) is 0.417. The molecule has 3 aromatic rings. The third-order valence-electron chi connectivity index (χ3n) is 3.15. The predicted octanol–water partition coefficient (Wildman–Crippen LogP) is 2.84. The molecule has 21 heavy (non-hydrogen) atoms. The molecule has 1 atom stereocenters. The summed E-state index contributed by atoms with van der Waals surface area (Å²) in [7, 11) is 0. The Morgan fingerprint density at radius 3 is 2.86 bits per heavy atom. The second-order valence-electron chi connectivity index (χ2n) is 4.70. The van der Waals surface area contributed by atoms with Crippen LogP contribution in [0.15, 0.2) is 48.8 Å². The molecule has 6 heteroatoms. The molecule has 106 valence electrons. The van der Waals surface area contributed by atoms with E-state index in [0.717, 1.165) is 5.56 Å². The molecule has 3 rings (SSSR count). The third kappa shape index (κ3) is 3.00. The Morgan fingerprint density at radius 2 is 2.05 bits per heavy atom. The molecule has 0 radical (unpaired) electrons. The van der Waals surface area contributed by atoms with Crippen molar-refractivity contribution in [1.29, 1.82) is 0 Å². The molecule has 2 amide bonds. The van der Waals surface area contributed by atoms with Crippen molar-refractivity contribution < 1.29 is 4.79 Å². The molecular formula is C15H15N5O. The van der Waals surface area contributed by atoms with Crippen molar-refractivity contribution in [3.8, 4) is 0 Å². The number of nitrogens with one attached hydrogen (secondary N) is 3. The number of H-pyrrole nitrogens is 1. The van der Waals surface area contributed by atoms with E-state index in [4.69, 9.17) is 0 Å². The molecule has 0 saturated heterocycles. The van der Waals surface area contributed by atoms with Crippen LogP contribution in [-0.2, 0) is 0 Å². The van der Waals surface area contributed by atoms with Crippen LogP contribution in [0.3, 0.4) is 0 Å². The molecule has 2 aromatic heterocycles. The maximum absolute atomic E-state index is 12.0. The van der Waals surface area contributed by atoms with E-state index in [0.29, 0.717) is 17.0 Å². The minimum atomic E-state index is -0.310. The number of benzene rings is 1. The van der Waals surface area contributed by atoms with Gasteiger partial charge in [-0.2, -0.15) is 0 Å². The lowest BCUT2D eigenvalue weighted by atomic mass is 10.1. The minimum absolute atomic E-state index is 0.0878. The average Bonchev–Trinajstić information content (AvgIpc) is 2.95. The number of carbonyl (C=O) groups excluding carboxylic acids is 1. The summed E-state index contributed by atoms with van der Waals surface area (Å²) < 4.78 is 0. The van der Waals surface area contributed by atoms with Crippen molar-refractivity contribution in [3.63, 3.8) is 0 Å². The Kier molecular flexibility index (Phi) is 3.51. The number of fused-ring (bicyclic) bond motifs is 1. The summed E-state index contributed by atoms with van der Waals surface area (Å²) in [5.41, 5.74) is 2.45. The van der Waals surface area contributed by atoms with Gasteiger partial charge in [0.05, 0.1) is 12.2 Å². The number of rotatable bonds is 3. The third-order valence-corrected chi connectivity index (χ3v) is 3.15. The molecule has 3 N–H and O–H groups in total. The molecule has 0 spiro atoms. The highest BCUT2D eigenvalue weighted by atomic mass is 16.2. The van der Waals surface area contributed by atoms with Crippen LogP contribution in [0.5, 0.6) is 0 Å². The zero-order valence-electron chi connectivity index (χ0n) is 11.5. The van der Waals surface area contributed by atoms with E-state index in [1.54, 1.807) is 12.3 Å². The quantitative estimate of drug-likeness (QED) is 0.690. The van der Waals surface area contributed by atoms with Crippen molar-refractivity contribution >= 4 is 23.0 Å². The molecule has 6 nitrogen and oxygen atoms in total. The Hall–Kier alpha value is -2.89. The van der Waals surface area contributed by atoms with Gasteiger partial charge in [0.25, 0.3) is 0 Å². The van der Waals surface area contributed by atoms with Crippen molar-refractivity contribution in [2.75, 3.05) is 5.32 Å². The maximum Gasteiger partial charge on any atom is 0.320 e. The standard InChI is InChI=1S/C15H15N5O/c1-10(11-5-3-2-4-6-11)18-15(21)20-13-9-17-14-12(19-13)7-8-16-14/h2-10H,1H3,(H,16,17)(H2,18,19,20,21). The smallest absolute Gasteiger partial charge is 0.320 e. The highest BCUT2D eigenvalue weighted by molar-refractivity contribution is 5.89. The first-order chi connectivity index (χ1) is 10.2. The Bertz CT molecular complexity index is 753. The number of amides is 2. The van der Waals surface area contributed by atoms with Crippen LogP contribution >= 0.6 is 0 Å². The Labute approximate surface area is 121 Å². The monoisotopic (exact) mass is 281 g/mol. The number of anilines is 1. The summed E-state index contributed by atoms with van der Waals surface area (Å²) in [4.78, 5) is 23.4. The van der Waals surface area contributed by atoms with Crippen molar-refractivity contribution in [3.05, 3.63) is 54.4 Å². The minimum Gasteiger partial charge on any atom is -0.345 e. The summed E-state index contributed by atoms with van der Waals surface area (Å²) in [6.07, 6.45) is 3.28. The highest BCUT2D eigenvalue weighted by Crippen LogP contribution is 2.12. The number of aromatic amines is 1. The first kappa shape index (κ1) is 13.1. The van der Waals surface area contributed by atoms with E-state index < -0.39 is 0 Å². The van der Waals surface area contributed by atoms with Gasteiger partial charge in [0, 0.05) is 6.20 Å². The Balaban J connectivity index is 1.66. The van der Waals surface area contributed by atoms with Crippen molar-refractivity contribution in [2.24, 2.45) is 0 Å². The summed E-state index contributed by atoms with van der Waals surface area (Å²) in [6.45, 7) is 1.93. The lowest BCUT2D eigenvalue weighted by molar-refractivity contribution is 0.249. The van der Waals surface area contributed by atoms with Gasteiger partial charge >= 0.3 is 6.03 Å². The topological polar surface area (TPSA) is 82.7 Å². The van der Waals surface area contributed by atoms with E-state index >= 15 is 0 Å². The van der Waals surface area contributed by atoms with Crippen LogP contribution < -0.4 is 10.6 Å². The van der Waals surface area contributed by atoms with Crippen molar-refractivity contribution in [2.45, 2.75) is 13.0 Å².